The van der Waals surface area contributed by atoms with E-state index in [9.17, 15) is 9.59 Å². The lowest BCUT2D eigenvalue weighted by molar-refractivity contribution is -0.114. The van der Waals surface area contributed by atoms with E-state index in [1.807, 2.05) is 82.6 Å². The molecule has 0 aliphatic carbocycles. The van der Waals surface area contributed by atoms with E-state index >= 15 is 0 Å². The summed E-state index contributed by atoms with van der Waals surface area (Å²) in [6, 6.07) is 29.9. The molecule has 0 bridgehead atoms. The number of amides is 2. The summed E-state index contributed by atoms with van der Waals surface area (Å²) in [4.78, 5) is 34.9. The van der Waals surface area contributed by atoms with Gasteiger partial charge in [-0.15, -0.1) is 0 Å². The van der Waals surface area contributed by atoms with Crippen molar-refractivity contribution in [2.24, 2.45) is 0 Å². The topological polar surface area (TPSA) is 62.3 Å². The molecule has 0 aromatic heterocycles. The molecule has 0 spiro atoms. The Hall–Kier alpha value is -4.53. The van der Waals surface area contributed by atoms with E-state index in [0.717, 1.165) is 58.4 Å². The fourth-order valence-corrected chi connectivity index (χ4v) is 6.90. The fourth-order valence-electron chi connectivity index (χ4n) is 5.84. The van der Waals surface area contributed by atoms with E-state index < -0.39 is 0 Å². The number of thioether (sulfide) groups is 1. The maximum Gasteiger partial charge on any atom is 0.265 e. The SMILES string of the molecule is Cc1ccccc1CN1C(=O)C(=Cc2ccc(C(=O)N3CCN(Cc4ccc5c(c4)OCO5)CC3)cc2)Sc2ccccc21. The van der Waals surface area contributed by atoms with Crippen LogP contribution in [0, 0.1) is 6.92 Å². The van der Waals surface area contributed by atoms with Gasteiger partial charge in [0.1, 0.15) is 0 Å². The molecule has 222 valence electrons. The van der Waals surface area contributed by atoms with Gasteiger partial charge in [0, 0.05) is 43.2 Å². The van der Waals surface area contributed by atoms with Crippen LogP contribution in [0.1, 0.15) is 32.6 Å². The number of rotatable bonds is 6. The first-order valence-electron chi connectivity index (χ1n) is 14.9. The van der Waals surface area contributed by atoms with Crippen molar-refractivity contribution in [3.63, 3.8) is 0 Å². The van der Waals surface area contributed by atoms with Crippen molar-refractivity contribution < 1.29 is 19.1 Å². The monoisotopic (exact) mass is 603 g/mol. The number of benzene rings is 4. The molecule has 7 rings (SSSR count). The van der Waals surface area contributed by atoms with Crippen LogP contribution in [0.3, 0.4) is 0 Å². The third-order valence-electron chi connectivity index (χ3n) is 8.38. The summed E-state index contributed by atoms with van der Waals surface area (Å²) in [5.74, 6) is 1.61. The van der Waals surface area contributed by atoms with Gasteiger partial charge in [-0.1, -0.05) is 66.4 Å². The van der Waals surface area contributed by atoms with Crippen LogP contribution in [0.5, 0.6) is 11.5 Å². The Balaban J connectivity index is 1.01. The molecule has 2 amide bonds. The Kier molecular flexibility index (Phi) is 7.85. The molecule has 0 radical (unpaired) electrons. The van der Waals surface area contributed by atoms with Crippen molar-refractivity contribution in [2.75, 3.05) is 37.9 Å². The number of carbonyl (C=O) groups is 2. The quantitative estimate of drug-likeness (QED) is 0.239. The van der Waals surface area contributed by atoms with Crippen molar-refractivity contribution in [2.45, 2.75) is 24.9 Å². The molecule has 3 aliphatic heterocycles. The highest BCUT2D eigenvalue weighted by molar-refractivity contribution is 8.04. The first-order chi connectivity index (χ1) is 21.5. The van der Waals surface area contributed by atoms with Crippen LogP contribution < -0.4 is 14.4 Å². The Morgan fingerprint density at radius 2 is 1.59 bits per heavy atom. The van der Waals surface area contributed by atoms with Crippen LogP contribution in [0.4, 0.5) is 5.69 Å². The van der Waals surface area contributed by atoms with Gasteiger partial charge >= 0.3 is 0 Å². The van der Waals surface area contributed by atoms with Crippen molar-refractivity contribution in [1.82, 2.24) is 9.80 Å². The normalized spacial score (nSPS) is 17.2. The maximum absolute atomic E-state index is 13.7. The zero-order valence-electron chi connectivity index (χ0n) is 24.6. The molecular formula is C36H33N3O4S. The molecule has 3 aliphatic rings. The zero-order valence-corrected chi connectivity index (χ0v) is 25.4. The van der Waals surface area contributed by atoms with E-state index in [1.54, 1.807) is 0 Å². The summed E-state index contributed by atoms with van der Waals surface area (Å²) < 4.78 is 10.9. The number of hydrogen-bond donors (Lipinski definition) is 0. The molecule has 1 fully saturated rings. The number of carbonyl (C=O) groups excluding carboxylic acids is 2. The fraction of sp³-hybridized carbons (Fsp3) is 0.222. The second-order valence-corrected chi connectivity index (χ2v) is 12.4. The van der Waals surface area contributed by atoms with E-state index in [-0.39, 0.29) is 18.6 Å². The van der Waals surface area contributed by atoms with Crippen LogP contribution >= 0.6 is 11.8 Å². The summed E-state index contributed by atoms with van der Waals surface area (Å²) in [5.41, 5.74) is 5.94. The van der Waals surface area contributed by atoms with Gasteiger partial charge < -0.3 is 19.3 Å². The van der Waals surface area contributed by atoms with Crippen LogP contribution in [0.15, 0.2) is 101 Å². The number of ether oxygens (including phenoxy) is 2. The molecule has 0 unspecified atom stereocenters. The van der Waals surface area contributed by atoms with Crippen LogP contribution in [-0.2, 0) is 17.9 Å². The van der Waals surface area contributed by atoms with Gasteiger partial charge in [-0.05, 0) is 71.7 Å². The van der Waals surface area contributed by atoms with Gasteiger partial charge in [0.15, 0.2) is 11.5 Å². The Morgan fingerprint density at radius 1 is 0.841 bits per heavy atom. The van der Waals surface area contributed by atoms with Crippen molar-refractivity contribution in [3.8, 4) is 11.5 Å². The van der Waals surface area contributed by atoms with E-state index in [2.05, 4.69) is 36.1 Å². The van der Waals surface area contributed by atoms with Crippen LogP contribution in [-0.4, -0.2) is 54.6 Å². The first kappa shape index (κ1) is 28.3. The number of nitrogens with zero attached hydrogens (tertiary/aromatic N) is 3. The molecular weight excluding hydrogens is 570 g/mol. The van der Waals surface area contributed by atoms with Gasteiger partial charge in [0.2, 0.25) is 6.79 Å². The highest BCUT2D eigenvalue weighted by Crippen LogP contribution is 2.43. The van der Waals surface area contributed by atoms with Crippen LogP contribution in [0.2, 0.25) is 0 Å². The minimum Gasteiger partial charge on any atom is -0.454 e. The second-order valence-electron chi connectivity index (χ2n) is 11.3. The Morgan fingerprint density at radius 3 is 2.41 bits per heavy atom. The summed E-state index contributed by atoms with van der Waals surface area (Å²) in [5, 5.41) is 0. The maximum atomic E-state index is 13.7. The van der Waals surface area contributed by atoms with Gasteiger partial charge in [0.25, 0.3) is 11.8 Å². The summed E-state index contributed by atoms with van der Waals surface area (Å²) in [6.45, 7) is 6.65. The Labute approximate surface area is 261 Å². The molecule has 4 aromatic rings. The third kappa shape index (κ3) is 5.83. The van der Waals surface area contributed by atoms with Crippen molar-refractivity contribution in [3.05, 3.63) is 124 Å². The molecule has 44 heavy (non-hydrogen) atoms. The van der Waals surface area contributed by atoms with E-state index in [0.29, 0.717) is 30.1 Å². The molecule has 0 saturated carbocycles. The summed E-state index contributed by atoms with van der Waals surface area (Å²) in [7, 11) is 0. The van der Waals surface area contributed by atoms with Crippen molar-refractivity contribution >= 4 is 35.3 Å². The Bertz CT molecular complexity index is 1740. The molecule has 7 nitrogen and oxygen atoms in total. The average molecular weight is 604 g/mol. The predicted octanol–water partition coefficient (Wildman–Crippen LogP) is 6.36. The lowest BCUT2D eigenvalue weighted by Crippen LogP contribution is -2.48. The minimum atomic E-state index is -0.0178. The number of anilines is 1. The van der Waals surface area contributed by atoms with E-state index in [4.69, 9.17) is 9.47 Å². The second kappa shape index (κ2) is 12.2. The standard InChI is InChI=1S/C36H33N3O4S/c1-25-6-2-3-7-29(25)23-39-30-8-4-5-9-33(30)44-34(36(39)41)21-26-10-13-28(14-11-26)35(40)38-18-16-37(17-19-38)22-27-12-15-31-32(20-27)43-24-42-31/h2-15,20-21H,16-19,22-24H2,1H3. The van der Waals surface area contributed by atoms with Gasteiger partial charge in [-0.25, -0.2) is 0 Å². The summed E-state index contributed by atoms with van der Waals surface area (Å²) in [6.07, 6.45) is 1.93. The lowest BCUT2D eigenvalue weighted by Gasteiger charge is -2.34. The molecule has 4 aromatic carbocycles. The number of aryl methyl sites for hydroxylation is 1. The average Bonchev–Trinajstić information content (AvgIpc) is 3.52. The number of para-hydroxylation sites is 1. The zero-order chi connectivity index (χ0) is 30.0. The number of fused-ring (bicyclic) bond motifs is 2. The first-order valence-corrected chi connectivity index (χ1v) is 15.7. The molecule has 8 heteroatoms. The lowest BCUT2D eigenvalue weighted by atomic mass is 10.1. The number of piperazine rings is 1. The third-order valence-corrected chi connectivity index (χ3v) is 9.46. The van der Waals surface area contributed by atoms with E-state index in [1.165, 1.54) is 17.3 Å². The predicted molar refractivity (Wildman–Crippen MR) is 173 cm³/mol. The molecule has 1 saturated heterocycles. The molecule has 3 heterocycles. The van der Waals surface area contributed by atoms with Crippen molar-refractivity contribution in [1.29, 1.82) is 0 Å². The van der Waals surface area contributed by atoms with Gasteiger partial charge in [-0.2, -0.15) is 0 Å². The van der Waals surface area contributed by atoms with Gasteiger partial charge in [-0.3, -0.25) is 14.5 Å². The largest absolute Gasteiger partial charge is 0.454 e. The van der Waals surface area contributed by atoms with Crippen LogP contribution in [0.25, 0.3) is 6.08 Å². The summed E-state index contributed by atoms with van der Waals surface area (Å²) >= 11 is 1.49. The highest BCUT2D eigenvalue weighted by atomic mass is 32.2. The minimum absolute atomic E-state index is 0.0178. The highest BCUT2D eigenvalue weighted by Gasteiger charge is 2.29. The molecule has 0 N–H and O–H groups in total. The van der Waals surface area contributed by atoms with Gasteiger partial charge in [0.05, 0.1) is 17.1 Å². The molecule has 0 atom stereocenters. The smallest absolute Gasteiger partial charge is 0.265 e. The number of hydrogen-bond acceptors (Lipinski definition) is 6.